The van der Waals surface area contributed by atoms with Gasteiger partial charge < -0.3 is 19.5 Å². The quantitative estimate of drug-likeness (QED) is 0.925. The van der Waals surface area contributed by atoms with E-state index in [1.807, 2.05) is 0 Å². The minimum atomic E-state index is -0.164. The molecule has 1 aromatic rings. The Morgan fingerprint density at radius 3 is 3.05 bits per heavy atom. The molecular formula is C17H23NO4. The summed E-state index contributed by atoms with van der Waals surface area (Å²) in [5.41, 5.74) is 0.366. The number of phenols is 1. The molecule has 2 saturated heterocycles. The monoisotopic (exact) mass is 305 g/mol. The Hall–Kier alpha value is -1.59. The highest BCUT2D eigenvalue weighted by molar-refractivity contribution is 5.95. The SMILES string of the molecule is COCCC1CCOC2(C1)CN(C(=O)c1cccc(O)c1)C2. The lowest BCUT2D eigenvalue weighted by Gasteiger charge is -2.53. The van der Waals surface area contributed by atoms with Gasteiger partial charge >= 0.3 is 0 Å². The van der Waals surface area contributed by atoms with Crippen molar-refractivity contribution in [2.45, 2.75) is 24.9 Å². The second-order valence-corrected chi connectivity index (χ2v) is 6.38. The number of likely N-dealkylation sites (tertiary alicyclic amines) is 1. The fourth-order valence-corrected chi connectivity index (χ4v) is 3.49. The van der Waals surface area contributed by atoms with Crippen LogP contribution in [0.2, 0.25) is 0 Å². The van der Waals surface area contributed by atoms with Crippen molar-refractivity contribution in [2.75, 3.05) is 33.4 Å². The first-order valence-electron chi connectivity index (χ1n) is 7.83. The molecule has 0 aromatic heterocycles. The summed E-state index contributed by atoms with van der Waals surface area (Å²) < 4.78 is 11.1. The number of aromatic hydroxyl groups is 1. The van der Waals surface area contributed by atoms with Crippen LogP contribution in [0.25, 0.3) is 0 Å². The lowest BCUT2D eigenvalue weighted by molar-refractivity contribution is -0.167. The summed E-state index contributed by atoms with van der Waals surface area (Å²) in [4.78, 5) is 14.2. The molecule has 1 N–H and O–H groups in total. The number of ether oxygens (including phenoxy) is 2. The Morgan fingerprint density at radius 1 is 1.50 bits per heavy atom. The molecule has 2 aliphatic rings. The summed E-state index contributed by atoms with van der Waals surface area (Å²) in [6.45, 7) is 2.84. The molecule has 0 saturated carbocycles. The van der Waals surface area contributed by atoms with E-state index in [-0.39, 0.29) is 17.3 Å². The minimum Gasteiger partial charge on any atom is -0.508 e. The normalized spacial score (nSPS) is 23.3. The van der Waals surface area contributed by atoms with Crippen LogP contribution in [0.4, 0.5) is 0 Å². The molecule has 120 valence electrons. The average molecular weight is 305 g/mol. The summed E-state index contributed by atoms with van der Waals surface area (Å²) in [7, 11) is 1.73. The molecule has 5 nitrogen and oxygen atoms in total. The van der Waals surface area contributed by atoms with E-state index in [1.165, 1.54) is 6.07 Å². The highest BCUT2D eigenvalue weighted by Crippen LogP contribution is 2.38. The number of methoxy groups -OCH3 is 1. The van der Waals surface area contributed by atoms with Gasteiger partial charge in [0.25, 0.3) is 5.91 Å². The fourth-order valence-electron chi connectivity index (χ4n) is 3.49. The molecular weight excluding hydrogens is 282 g/mol. The lowest BCUT2D eigenvalue weighted by atomic mass is 9.79. The maximum Gasteiger partial charge on any atom is 0.254 e. The Balaban J connectivity index is 1.57. The van der Waals surface area contributed by atoms with Gasteiger partial charge in [0.15, 0.2) is 0 Å². The van der Waals surface area contributed by atoms with E-state index in [4.69, 9.17) is 9.47 Å². The van der Waals surface area contributed by atoms with E-state index < -0.39 is 0 Å². The van der Waals surface area contributed by atoms with Crippen molar-refractivity contribution in [3.05, 3.63) is 29.8 Å². The van der Waals surface area contributed by atoms with E-state index in [9.17, 15) is 9.90 Å². The Kier molecular flexibility index (Phi) is 4.36. The summed E-state index contributed by atoms with van der Waals surface area (Å²) in [5, 5.41) is 9.49. The zero-order chi connectivity index (χ0) is 15.6. The third-order valence-electron chi connectivity index (χ3n) is 4.66. The largest absolute Gasteiger partial charge is 0.508 e. The van der Waals surface area contributed by atoms with Crippen molar-refractivity contribution in [2.24, 2.45) is 5.92 Å². The first-order valence-corrected chi connectivity index (χ1v) is 7.83. The average Bonchev–Trinajstić information content (AvgIpc) is 2.50. The smallest absolute Gasteiger partial charge is 0.254 e. The molecule has 5 heteroatoms. The molecule has 0 bridgehead atoms. The highest BCUT2D eigenvalue weighted by atomic mass is 16.5. The second-order valence-electron chi connectivity index (χ2n) is 6.38. The Bertz CT molecular complexity index is 539. The van der Waals surface area contributed by atoms with Gasteiger partial charge in [-0.25, -0.2) is 0 Å². The number of hydrogen-bond donors (Lipinski definition) is 1. The molecule has 2 fully saturated rings. The van der Waals surface area contributed by atoms with Crippen LogP contribution in [0.3, 0.4) is 0 Å². The van der Waals surface area contributed by atoms with Gasteiger partial charge in [0.1, 0.15) is 11.4 Å². The van der Waals surface area contributed by atoms with Crippen LogP contribution in [-0.2, 0) is 9.47 Å². The first kappa shape index (κ1) is 15.3. The number of carbonyl (C=O) groups excluding carboxylic acids is 1. The first-order chi connectivity index (χ1) is 10.6. The van der Waals surface area contributed by atoms with Gasteiger partial charge in [-0.1, -0.05) is 6.07 Å². The van der Waals surface area contributed by atoms with Crippen LogP contribution in [0, 0.1) is 5.92 Å². The Labute approximate surface area is 130 Å². The van der Waals surface area contributed by atoms with Crippen molar-refractivity contribution < 1.29 is 19.4 Å². The van der Waals surface area contributed by atoms with E-state index in [1.54, 1.807) is 30.2 Å². The topological polar surface area (TPSA) is 59.0 Å². The minimum absolute atomic E-state index is 0.0378. The van der Waals surface area contributed by atoms with Crippen LogP contribution in [-0.4, -0.2) is 54.9 Å². The van der Waals surface area contributed by atoms with Crippen LogP contribution in [0.15, 0.2) is 24.3 Å². The summed E-state index contributed by atoms with van der Waals surface area (Å²) >= 11 is 0. The standard InChI is InChI=1S/C17H23NO4/c1-21-7-5-13-6-8-22-17(10-13)11-18(12-17)16(20)14-3-2-4-15(19)9-14/h2-4,9,13,19H,5-8,10-12H2,1H3. The predicted octanol–water partition coefficient (Wildman–Crippen LogP) is 2.05. The number of carbonyl (C=O) groups is 1. The summed E-state index contributed by atoms with van der Waals surface area (Å²) in [6, 6.07) is 6.50. The molecule has 2 aliphatic heterocycles. The molecule has 1 atom stereocenters. The number of phenolic OH excluding ortho intramolecular Hbond substituents is 1. The molecule has 1 unspecified atom stereocenters. The molecule has 22 heavy (non-hydrogen) atoms. The summed E-state index contributed by atoms with van der Waals surface area (Å²) in [5.74, 6) is 0.700. The molecule has 1 spiro atoms. The third-order valence-corrected chi connectivity index (χ3v) is 4.66. The van der Waals surface area contributed by atoms with Gasteiger partial charge in [-0.15, -0.1) is 0 Å². The third kappa shape index (κ3) is 3.10. The molecule has 0 radical (unpaired) electrons. The zero-order valence-corrected chi connectivity index (χ0v) is 13.0. The number of benzene rings is 1. The van der Waals surface area contributed by atoms with Crippen LogP contribution >= 0.6 is 0 Å². The van der Waals surface area contributed by atoms with Gasteiger partial charge in [0.2, 0.25) is 0 Å². The maximum absolute atomic E-state index is 12.4. The van der Waals surface area contributed by atoms with Crippen LogP contribution < -0.4 is 0 Å². The molecule has 1 aromatic carbocycles. The second kappa shape index (κ2) is 6.26. The summed E-state index contributed by atoms with van der Waals surface area (Å²) in [6.07, 6.45) is 3.13. The fraction of sp³-hybridized carbons (Fsp3) is 0.588. The van der Waals surface area contributed by atoms with Gasteiger partial charge in [-0.2, -0.15) is 0 Å². The predicted molar refractivity (Wildman–Crippen MR) is 81.9 cm³/mol. The highest BCUT2D eigenvalue weighted by Gasteiger charge is 2.49. The van der Waals surface area contributed by atoms with E-state index in [0.717, 1.165) is 32.5 Å². The molecule has 0 aliphatic carbocycles. The van der Waals surface area contributed by atoms with E-state index >= 15 is 0 Å². The van der Waals surface area contributed by atoms with Crippen molar-refractivity contribution in [3.8, 4) is 5.75 Å². The number of amides is 1. The molecule has 3 rings (SSSR count). The Morgan fingerprint density at radius 2 is 2.32 bits per heavy atom. The van der Waals surface area contributed by atoms with Crippen molar-refractivity contribution in [1.29, 1.82) is 0 Å². The van der Waals surface area contributed by atoms with E-state index in [2.05, 4.69) is 0 Å². The number of hydrogen-bond acceptors (Lipinski definition) is 4. The zero-order valence-electron chi connectivity index (χ0n) is 13.0. The van der Waals surface area contributed by atoms with Gasteiger partial charge in [0, 0.05) is 25.9 Å². The molecule has 1 amide bonds. The van der Waals surface area contributed by atoms with Crippen molar-refractivity contribution in [3.63, 3.8) is 0 Å². The van der Waals surface area contributed by atoms with Gasteiger partial charge in [-0.3, -0.25) is 4.79 Å². The van der Waals surface area contributed by atoms with Crippen molar-refractivity contribution >= 4 is 5.91 Å². The van der Waals surface area contributed by atoms with E-state index in [0.29, 0.717) is 24.6 Å². The van der Waals surface area contributed by atoms with Gasteiger partial charge in [-0.05, 0) is 43.4 Å². The van der Waals surface area contributed by atoms with Gasteiger partial charge in [0.05, 0.1) is 13.1 Å². The molecule has 2 heterocycles. The number of nitrogens with zero attached hydrogens (tertiary/aromatic N) is 1. The van der Waals surface area contributed by atoms with Crippen LogP contribution in [0.1, 0.15) is 29.6 Å². The van der Waals surface area contributed by atoms with Crippen molar-refractivity contribution in [1.82, 2.24) is 4.90 Å². The van der Waals surface area contributed by atoms with Crippen LogP contribution in [0.5, 0.6) is 5.75 Å². The lowest BCUT2D eigenvalue weighted by Crippen LogP contribution is -2.66. The number of rotatable bonds is 4. The maximum atomic E-state index is 12.4.